The Balaban J connectivity index is 2.78. The molecule has 0 unspecified atom stereocenters. The van der Waals surface area contributed by atoms with E-state index in [9.17, 15) is 0 Å². The van der Waals surface area contributed by atoms with E-state index in [2.05, 4.69) is 20.9 Å². The first-order chi connectivity index (χ1) is 5.81. The number of fused-ring (bicyclic) bond motifs is 1. The van der Waals surface area contributed by atoms with Crippen LogP contribution in [0.3, 0.4) is 0 Å². The molecule has 62 valence electrons. The molecule has 0 saturated heterocycles. The van der Waals surface area contributed by atoms with E-state index in [4.69, 9.17) is 11.6 Å². The summed E-state index contributed by atoms with van der Waals surface area (Å²) in [6, 6.07) is 3.97. The number of aromatic nitrogens is 1. The van der Waals surface area contributed by atoms with Crippen molar-refractivity contribution in [3.05, 3.63) is 27.7 Å². The Morgan fingerprint density at radius 2 is 2.42 bits per heavy atom. The number of halogens is 2. The fourth-order valence-electron chi connectivity index (χ4n) is 1.07. The maximum atomic E-state index is 5.78. The smallest absolute Gasteiger partial charge is 0.0824 e. The first kappa shape index (κ1) is 8.48. The van der Waals surface area contributed by atoms with Gasteiger partial charge in [-0.1, -0.05) is 0 Å². The largest absolute Gasteiger partial charge is 0.255 e. The Kier molecular flexibility index (Phi) is 2.35. The van der Waals surface area contributed by atoms with Gasteiger partial charge in [0.15, 0.2) is 0 Å². The van der Waals surface area contributed by atoms with Crippen LogP contribution in [0.2, 0.25) is 0 Å². The molecule has 0 bridgehead atoms. The molecule has 2 heterocycles. The van der Waals surface area contributed by atoms with Gasteiger partial charge in [-0.15, -0.1) is 22.9 Å². The third kappa shape index (κ3) is 1.37. The number of hydrogen-bond donors (Lipinski definition) is 0. The second-order valence-electron chi connectivity index (χ2n) is 2.37. The number of thiophene rings is 1. The Hall–Kier alpha value is -0.120. The molecule has 0 atom stereocenters. The summed E-state index contributed by atoms with van der Waals surface area (Å²) in [4.78, 5) is 4.23. The zero-order valence-electron chi connectivity index (χ0n) is 6.05. The van der Waals surface area contributed by atoms with Gasteiger partial charge in [0.25, 0.3) is 0 Å². The van der Waals surface area contributed by atoms with E-state index in [1.54, 1.807) is 17.5 Å². The molecule has 0 N–H and O–H groups in total. The maximum Gasteiger partial charge on any atom is 0.0824 e. The van der Waals surface area contributed by atoms with Crippen molar-refractivity contribution in [2.75, 3.05) is 0 Å². The topological polar surface area (TPSA) is 12.9 Å². The van der Waals surface area contributed by atoms with Gasteiger partial charge in [0.2, 0.25) is 0 Å². The lowest BCUT2D eigenvalue weighted by atomic mass is 10.3. The zero-order chi connectivity index (χ0) is 8.55. The summed E-state index contributed by atoms with van der Waals surface area (Å²) in [5.74, 6) is 0.548. The highest BCUT2D eigenvalue weighted by molar-refractivity contribution is 9.11. The van der Waals surface area contributed by atoms with E-state index in [0.29, 0.717) is 5.88 Å². The van der Waals surface area contributed by atoms with Crippen molar-refractivity contribution >= 4 is 49.1 Å². The molecule has 2 aromatic rings. The normalized spacial score (nSPS) is 10.8. The molecule has 0 aromatic carbocycles. The first-order valence-corrected chi connectivity index (χ1v) is 5.54. The van der Waals surface area contributed by atoms with Gasteiger partial charge in [-0.05, 0) is 33.6 Å². The predicted molar refractivity (Wildman–Crippen MR) is 56.9 cm³/mol. The summed E-state index contributed by atoms with van der Waals surface area (Å²) >= 11 is 10.9. The standard InChI is InChI=1S/C8H5BrClNS/c9-7-3-6-8(12-7)5(4-10)1-2-11-6/h1-3H,4H2. The van der Waals surface area contributed by atoms with Crippen molar-refractivity contribution in [3.8, 4) is 0 Å². The van der Waals surface area contributed by atoms with Crippen LogP contribution in [0.25, 0.3) is 10.2 Å². The van der Waals surface area contributed by atoms with Crippen LogP contribution < -0.4 is 0 Å². The van der Waals surface area contributed by atoms with Crippen molar-refractivity contribution < 1.29 is 0 Å². The van der Waals surface area contributed by atoms with Crippen LogP contribution in [0, 0.1) is 0 Å². The zero-order valence-corrected chi connectivity index (χ0v) is 9.21. The van der Waals surface area contributed by atoms with Gasteiger partial charge in [-0.25, -0.2) is 0 Å². The molecule has 0 fully saturated rings. The lowest BCUT2D eigenvalue weighted by Gasteiger charge is -1.94. The third-order valence-electron chi connectivity index (χ3n) is 1.61. The van der Waals surface area contributed by atoms with E-state index in [1.165, 1.54) is 4.70 Å². The van der Waals surface area contributed by atoms with E-state index in [0.717, 1.165) is 14.9 Å². The SMILES string of the molecule is ClCc1ccnc2cc(Br)sc12. The molecule has 0 aliphatic carbocycles. The van der Waals surface area contributed by atoms with Gasteiger partial charge in [0.1, 0.15) is 0 Å². The molecular weight excluding hydrogens is 258 g/mol. The number of pyridine rings is 1. The molecule has 4 heteroatoms. The van der Waals surface area contributed by atoms with Crippen molar-refractivity contribution in [1.82, 2.24) is 4.98 Å². The summed E-state index contributed by atoms with van der Waals surface area (Å²) in [6.45, 7) is 0. The van der Waals surface area contributed by atoms with Crippen molar-refractivity contribution in [2.45, 2.75) is 5.88 Å². The molecule has 12 heavy (non-hydrogen) atoms. The fraction of sp³-hybridized carbons (Fsp3) is 0.125. The minimum absolute atomic E-state index is 0.548. The molecule has 2 aromatic heterocycles. The maximum absolute atomic E-state index is 5.78. The molecule has 0 aliphatic rings. The van der Waals surface area contributed by atoms with E-state index < -0.39 is 0 Å². The van der Waals surface area contributed by atoms with E-state index in [1.807, 2.05) is 12.1 Å². The van der Waals surface area contributed by atoms with Crippen LogP contribution in [0.1, 0.15) is 5.56 Å². The Bertz CT molecular complexity index is 412. The minimum Gasteiger partial charge on any atom is -0.255 e. The average Bonchev–Trinajstić information content (AvgIpc) is 2.44. The number of hydrogen-bond acceptors (Lipinski definition) is 2. The molecular formula is C8H5BrClNS. The Morgan fingerprint density at radius 3 is 3.17 bits per heavy atom. The number of nitrogens with zero attached hydrogens (tertiary/aromatic N) is 1. The molecule has 0 spiro atoms. The predicted octanol–water partition coefficient (Wildman–Crippen LogP) is 3.80. The summed E-state index contributed by atoms with van der Waals surface area (Å²) in [5, 5.41) is 0. The van der Waals surface area contributed by atoms with Gasteiger partial charge >= 0.3 is 0 Å². The summed E-state index contributed by atoms with van der Waals surface area (Å²) < 4.78 is 2.28. The molecule has 0 radical (unpaired) electrons. The monoisotopic (exact) mass is 261 g/mol. The lowest BCUT2D eigenvalue weighted by molar-refractivity contribution is 1.36. The minimum atomic E-state index is 0.548. The van der Waals surface area contributed by atoms with Crippen LogP contribution in [-0.4, -0.2) is 4.98 Å². The van der Waals surface area contributed by atoms with E-state index >= 15 is 0 Å². The highest BCUT2D eigenvalue weighted by Gasteiger charge is 2.04. The second-order valence-corrected chi connectivity index (χ2v) is 5.07. The van der Waals surface area contributed by atoms with Gasteiger partial charge in [0, 0.05) is 12.1 Å². The highest BCUT2D eigenvalue weighted by atomic mass is 79.9. The molecule has 1 nitrogen and oxygen atoms in total. The van der Waals surface area contributed by atoms with Crippen LogP contribution in [-0.2, 0) is 5.88 Å². The lowest BCUT2D eigenvalue weighted by Crippen LogP contribution is -1.78. The highest BCUT2D eigenvalue weighted by Crippen LogP contribution is 2.31. The van der Waals surface area contributed by atoms with Gasteiger partial charge in [0.05, 0.1) is 14.0 Å². The number of alkyl halides is 1. The Morgan fingerprint density at radius 1 is 1.58 bits per heavy atom. The summed E-state index contributed by atoms with van der Waals surface area (Å²) in [6.07, 6.45) is 1.79. The fourth-order valence-corrected chi connectivity index (χ4v) is 2.92. The third-order valence-corrected chi connectivity index (χ3v) is 3.60. The second kappa shape index (κ2) is 3.32. The quantitative estimate of drug-likeness (QED) is 0.713. The van der Waals surface area contributed by atoms with Gasteiger partial charge in [-0.3, -0.25) is 4.98 Å². The first-order valence-electron chi connectivity index (χ1n) is 3.40. The number of rotatable bonds is 1. The van der Waals surface area contributed by atoms with Crippen LogP contribution >= 0.6 is 38.9 Å². The molecule has 0 aliphatic heterocycles. The van der Waals surface area contributed by atoms with E-state index in [-0.39, 0.29) is 0 Å². The molecule has 2 rings (SSSR count). The van der Waals surface area contributed by atoms with Crippen LogP contribution in [0.15, 0.2) is 22.1 Å². The van der Waals surface area contributed by atoms with Gasteiger partial charge < -0.3 is 0 Å². The van der Waals surface area contributed by atoms with Crippen molar-refractivity contribution in [2.24, 2.45) is 0 Å². The van der Waals surface area contributed by atoms with Gasteiger partial charge in [-0.2, -0.15) is 0 Å². The molecule has 0 saturated carbocycles. The van der Waals surface area contributed by atoms with Crippen LogP contribution in [0.4, 0.5) is 0 Å². The summed E-state index contributed by atoms with van der Waals surface area (Å²) in [5.41, 5.74) is 2.17. The van der Waals surface area contributed by atoms with Crippen molar-refractivity contribution in [3.63, 3.8) is 0 Å². The Labute approximate surface area is 87.5 Å². The summed E-state index contributed by atoms with van der Waals surface area (Å²) in [7, 11) is 0. The van der Waals surface area contributed by atoms with Crippen LogP contribution in [0.5, 0.6) is 0 Å². The molecule has 0 amide bonds. The van der Waals surface area contributed by atoms with Crippen molar-refractivity contribution in [1.29, 1.82) is 0 Å². The average molecular weight is 263 g/mol.